The van der Waals surface area contributed by atoms with E-state index in [1.807, 2.05) is 0 Å². The fraction of sp³-hybridized carbons (Fsp3) is 0.800. The van der Waals surface area contributed by atoms with Crippen molar-refractivity contribution in [2.75, 3.05) is 20.3 Å². The highest BCUT2D eigenvalue weighted by Crippen LogP contribution is 2.11. The van der Waals surface area contributed by atoms with E-state index in [2.05, 4.69) is 48.1 Å². The number of ether oxygens (including phenoxy) is 1. The Morgan fingerprint density at radius 1 is 1.42 bits per heavy atom. The molecule has 1 aromatic heterocycles. The first kappa shape index (κ1) is 16.2. The zero-order valence-corrected chi connectivity index (χ0v) is 12.9. The van der Waals surface area contributed by atoms with E-state index in [1.54, 1.807) is 7.11 Å². The molecule has 110 valence electrons. The van der Waals surface area contributed by atoms with Crippen LogP contribution in [0.3, 0.4) is 0 Å². The molecule has 0 radical (unpaired) electrons. The van der Waals surface area contributed by atoms with Crippen LogP contribution < -0.4 is 5.32 Å². The molecule has 0 aliphatic carbocycles. The van der Waals surface area contributed by atoms with E-state index in [9.17, 15) is 0 Å². The summed E-state index contributed by atoms with van der Waals surface area (Å²) in [4.78, 5) is 0. The molecular weight excluding hydrogens is 238 g/mol. The van der Waals surface area contributed by atoms with Crippen molar-refractivity contribution in [3.8, 4) is 0 Å². The van der Waals surface area contributed by atoms with Crippen LogP contribution in [0, 0.1) is 0 Å². The van der Waals surface area contributed by atoms with Gasteiger partial charge in [-0.15, -0.1) is 0 Å². The summed E-state index contributed by atoms with van der Waals surface area (Å²) < 4.78 is 7.33. The maximum absolute atomic E-state index is 5.26. The van der Waals surface area contributed by atoms with Crippen molar-refractivity contribution in [3.05, 3.63) is 18.0 Å². The summed E-state index contributed by atoms with van der Waals surface area (Å²) >= 11 is 0. The van der Waals surface area contributed by atoms with Gasteiger partial charge in [0.1, 0.15) is 0 Å². The zero-order chi connectivity index (χ0) is 14.1. The summed E-state index contributed by atoms with van der Waals surface area (Å²) in [7, 11) is 1.76. The second-order valence-electron chi connectivity index (χ2n) is 5.19. The minimum Gasteiger partial charge on any atom is -0.383 e. The summed E-state index contributed by atoms with van der Waals surface area (Å²) in [5.41, 5.74) is 1.18. The van der Waals surface area contributed by atoms with Crippen LogP contribution in [-0.4, -0.2) is 36.1 Å². The van der Waals surface area contributed by atoms with Gasteiger partial charge in [0.25, 0.3) is 0 Å². The Hall–Kier alpha value is -0.870. The topological polar surface area (TPSA) is 39.1 Å². The number of hydrogen-bond acceptors (Lipinski definition) is 3. The number of rotatable bonds is 10. The Bertz CT molecular complexity index is 338. The third-order valence-electron chi connectivity index (χ3n) is 3.51. The molecule has 0 saturated heterocycles. The molecule has 4 heteroatoms. The normalized spacial score (nSPS) is 14.5. The summed E-state index contributed by atoms with van der Waals surface area (Å²) in [6.45, 7) is 8.40. The fourth-order valence-electron chi connectivity index (χ4n) is 2.06. The van der Waals surface area contributed by atoms with Crippen molar-refractivity contribution in [3.63, 3.8) is 0 Å². The first-order valence-electron chi connectivity index (χ1n) is 7.47. The zero-order valence-electron chi connectivity index (χ0n) is 12.9. The molecule has 0 aliphatic rings. The molecule has 1 aromatic rings. The summed E-state index contributed by atoms with van der Waals surface area (Å²) in [6.07, 6.45) is 6.45. The molecule has 2 unspecified atom stereocenters. The second-order valence-corrected chi connectivity index (χ2v) is 5.19. The molecular formula is C15H29N3O. The smallest absolute Gasteiger partial charge is 0.0625 e. The Labute approximate surface area is 117 Å². The van der Waals surface area contributed by atoms with E-state index < -0.39 is 0 Å². The maximum Gasteiger partial charge on any atom is 0.0625 e. The van der Waals surface area contributed by atoms with E-state index in [-0.39, 0.29) is 0 Å². The average Bonchev–Trinajstić information content (AvgIpc) is 2.90. The second kappa shape index (κ2) is 9.10. The molecule has 0 saturated carbocycles. The monoisotopic (exact) mass is 267 g/mol. The molecule has 0 spiro atoms. The van der Waals surface area contributed by atoms with Crippen molar-refractivity contribution >= 4 is 0 Å². The Balaban J connectivity index is 2.42. The molecule has 0 aromatic carbocycles. The molecule has 19 heavy (non-hydrogen) atoms. The van der Waals surface area contributed by atoms with E-state index in [0.29, 0.717) is 12.1 Å². The molecule has 0 fully saturated rings. The van der Waals surface area contributed by atoms with Gasteiger partial charge in [-0.1, -0.05) is 13.8 Å². The van der Waals surface area contributed by atoms with Crippen LogP contribution in [0.5, 0.6) is 0 Å². The Morgan fingerprint density at radius 3 is 2.84 bits per heavy atom. The van der Waals surface area contributed by atoms with Gasteiger partial charge < -0.3 is 10.1 Å². The predicted molar refractivity (Wildman–Crippen MR) is 79.5 cm³/mol. The van der Waals surface area contributed by atoms with Gasteiger partial charge >= 0.3 is 0 Å². The van der Waals surface area contributed by atoms with E-state index in [4.69, 9.17) is 4.74 Å². The van der Waals surface area contributed by atoms with Crippen molar-refractivity contribution in [2.24, 2.45) is 0 Å². The van der Waals surface area contributed by atoms with Crippen LogP contribution >= 0.6 is 0 Å². The van der Waals surface area contributed by atoms with E-state index in [0.717, 1.165) is 38.8 Å². The summed E-state index contributed by atoms with van der Waals surface area (Å²) in [5.74, 6) is 0. The molecule has 0 aliphatic heterocycles. The van der Waals surface area contributed by atoms with Crippen LogP contribution in [0.4, 0.5) is 0 Å². The van der Waals surface area contributed by atoms with Crippen molar-refractivity contribution in [1.29, 1.82) is 0 Å². The predicted octanol–water partition coefficient (Wildman–Crippen LogP) is 2.80. The van der Waals surface area contributed by atoms with Gasteiger partial charge in [0.15, 0.2) is 0 Å². The maximum atomic E-state index is 5.26. The standard InChI is InChI=1S/C15H29N3O/c1-5-10-16-15(12-19-4)8-7-14-9-11-18(17-14)13(3)6-2/h9,11,13,15-16H,5-8,10,12H2,1-4H3. The highest BCUT2D eigenvalue weighted by molar-refractivity contribution is 5.00. The van der Waals surface area contributed by atoms with Crippen LogP contribution in [0.25, 0.3) is 0 Å². The lowest BCUT2D eigenvalue weighted by molar-refractivity contribution is 0.162. The minimum absolute atomic E-state index is 0.429. The van der Waals surface area contributed by atoms with E-state index >= 15 is 0 Å². The quantitative estimate of drug-likeness (QED) is 0.708. The lowest BCUT2D eigenvalue weighted by atomic mass is 10.1. The molecule has 2 atom stereocenters. The number of aryl methyl sites for hydroxylation is 1. The number of nitrogens with one attached hydrogen (secondary N) is 1. The third kappa shape index (κ3) is 5.74. The Kier molecular flexibility index (Phi) is 7.75. The first-order chi connectivity index (χ1) is 9.21. The molecule has 1 N–H and O–H groups in total. The highest BCUT2D eigenvalue weighted by Gasteiger charge is 2.10. The molecule has 4 nitrogen and oxygen atoms in total. The Morgan fingerprint density at radius 2 is 2.21 bits per heavy atom. The van der Waals surface area contributed by atoms with Gasteiger partial charge in [-0.2, -0.15) is 5.10 Å². The highest BCUT2D eigenvalue weighted by atomic mass is 16.5. The summed E-state index contributed by atoms with van der Waals surface area (Å²) in [5, 5.41) is 8.16. The lowest BCUT2D eigenvalue weighted by Crippen LogP contribution is -2.34. The van der Waals surface area contributed by atoms with Crippen LogP contribution in [0.2, 0.25) is 0 Å². The molecule has 0 amide bonds. The molecule has 1 heterocycles. The third-order valence-corrected chi connectivity index (χ3v) is 3.51. The lowest BCUT2D eigenvalue weighted by Gasteiger charge is -2.16. The van der Waals surface area contributed by atoms with Crippen molar-refractivity contribution in [2.45, 2.75) is 58.5 Å². The number of aromatic nitrogens is 2. The fourth-order valence-corrected chi connectivity index (χ4v) is 2.06. The van der Waals surface area contributed by atoms with Gasteiger partial charge in [0.2, 0.25) is 0 Å². The molecule has 1 rings (SSSR count). The first-order valence-corrected chi connectivity index (χ1v) is 7.47. The van der Waals surface area contributed by atoms with Crippen LogP contribution in [-0.2, 0) is 11.2 Å². The number of methoxy groups -OCH3 is 1. The SMILES string of the molecule is CCCNC(CCc1ccn(C(C)CC)n1)COC. The largest absolute Gasteiger partial charge is 0.383 e. The minimum atomic E-state index is 0.429. The summed E-state index contributed by atoms with van der Waals surface area (Å²) in [6, 6.07) is 3.05. The van der Waals surface area contributed by atoms with Gasteiger partial charge in [0, 0.05) is 25.4 Å². The van der Waals surface area contributed by atoms with Crippen LogP contribution in [0.15, 0.2) is 12.3 Å². The van der Waals surface area contributed by atoms with Gasteiger partial charge in [0.05, 0.1) is 12.3 Å². The van der Waals surface area contributed by atoms with Crippen molar-refractivity contribution in [1.82, 2.24) is 15.1 Å². The van der Waals surface area contributed by atoms with Crippen LogP contribution in [0.1, 0.15) is 51.8 Å². The molecule has 0 bridgehead atoms. The van der Waals surface area contributed by atoms with E-state index in [1.165, 1.54) is 5.69 Å². The van der Waals surface area contributed by atoms with Gasteiger partial charge in [-0.25, -0.2) is 0 Å². The van der Waals surface area contributed by atoms with Gasteiger partial charge in [-0.3, -0.25) is 4.68 Å². The number of nitrogens with zero attached hydrogens (tertiary/aromatic N) is 2. The average molecular weight is 267 g/mol. The van der Waals surface area contributed by atoms with Gasteiger partial charge in [-0.05, 0) is 45.2 Å². The van der Waals surface area contributed by atoms with Crippen molar-refractivity contribution < 1.29 is 4.74 Å². The number of hydrogen-bond donors (Lipinski definition) is 1.